The van der Waals surface area contributed by atoms with Crippen LogP contribution in [0.1, 0.15) is 34.0 Å². The summed E-state index contributed by atoms with van der Waals surface area (Å²) in [5, 5.41) is 7.88. The Morgan fingerprint density at radius 1 is 1.37 bits per heavy atom. The molecule has 2 aromatic rings. The number of aryl methyl sites for hydroxylation is 3. The minimum absolute atomic E-state index is 0.154. The largest absolute Gasteiger partial charge is 0.367 e. The molecule has 1 aliphatic heterocycles. The molecule has 3 rings (SSSR count). The second-order valence-electron chi connectivity index (χ2n) is 7.06. The predicted molar refractivity (Wildman–Crippen MR) is 111 cm³/mol. The van der Waals surface area contributed by atoms with Crippen molar-refractivity contribution in [1.29, 1.82) is 0 Å². The van der Waals surface area contributed by atoms with Crippen molar-refractivity contribution in [3.8, 4) is 0 Å². The molecule has 0 spiro atoms. The van der Waals surface area contributed by atoms with Gasteiger partial charge in [0, 0.05) is 31.1 Å². The molecule has 1 saturated heterocycles. The molecule has 5 nitrogen and oxygen atoms in total. The molecule has 1 fully saturated rings. The number of hydrogen-bond acceptors (Lipinski definition) is 4. The van der Waals surface area contributed by atoms with Crippen LogP contribution < -0.4 is 15.5 Å². The summed E-state index contributed by atoms with van der Waals surface area (Å²) >= 11 is 1.71. The number of hydrogen-bond donors (Lipinski definition) is 2. The van der Waals surface area contributed by atoms with Gasteiger partial charge in [0.05, 0.1) is 17.9 Å². The lowest BCUT2D eigenvalue weighted by Gasteiger charge is -2.35. The van der Waals surface area contributed by atoms with Gasteiger partial charge in [-0.1, -0.05) is 6.07 Å². The summed E-state index contributed by atoms with van der Waals surface area (Å²) in [6, 6.07) is 5.52. The average molecular weight is 390 g/mol. The van der Waals surface area contributed by atoms with Crippen LogP contribution in [0.15, 0.2) is 23.2 Å². The van der Waals surface area contributed by atoms with Crippen molar-refractivity contribution in [2.45, 2.75) is 46.2 Å². The number of aliphatic imine (C=N–C) groups is 1. The Hall–Kier alpha value is -2.15. The zero-order valence-electron chi connectivity index (χ0n) is 16.5. The summed E-state index contributed by atoms with van der Waals surface area (Å²) in [4.78, 5) is 12.3. The molecule has 0 bridgehead atoms. The number of benzene rings is 1. The van der Waals surface area contributed by atoms with E-state index < -0.39 is 0 Å². The Bertz CT molecular complexity index is 797. The third kappa shape index (κ3) is 4.97. The molecule has 0 radical (unpaired) electrons. The first kappa shape index (κ1) is 19.6. The second-order valence-corrected chi connectivity index (χ2v) is 8.35. The van der Waals surface area contributed by atoms with Gasteiger partial charge in [0.2, 0.25) is 0 Å². The van der Waals surface area contributed by atoms with Gasteiger partial charge in [-0.2, -0.15) is 0 Å². The van der Waals surface area contributed by atoms with Crippen LogP contribution in [0, 0.1) is 26.6 Å². The minimum Gasteiger partial charge on any atom is -0.367 e. The molecule has 0 aliphatic carbocycles. The summed E-state index contributed by atoms with van der Waals surface area (Å²) in [6.45, 7) is 8.41. The maximum Gasteiger partial charge on any atom is 0.191 e. The van der Waals surface area contributed by atoms with Crippen molar-refractivity contribution in [3.05, 3.63) is 45.2 Å². The molecule has 0 saturated carbocycles. The molecule has 27 heavy (non-hydrogen) atoms. The van der Waals surface area contributed by atoms with Gasteiger partial charge in [0.1, 0.15) is 10.8 Å². The molecule has 2 heterocycles. The summed E-state index contributed by atoms with van der Waals surface area (Å²) < 4.78 is 14.2. The van der Waals surface area contributed by atoms with Crippen LogP contribution in [0.4, 0.5) is 10.1 Å². The van der Waals surface area contributed by atoms with Crippen LogP contribution >= 0.6 is 11.3 Å². The van der Waals surface area contributed by atoms with Crippen LogP contribution in [0.25, 0.3) is 0 Å². The summed E-state index contributed by atoms with van der Waals surface area (Å²) in [5.74, 6) is 0.607. The van der Waals surface area contributed by atoms with Crippen molar-refractivity contribution >= 4 is 23.0 Å². The first-order valence-electron chi connectivity index (χ1n) is 9.37. The van der Waals surface area contributed by atoms with Gasteiger partial charge in [-0.05, 0) is 51.3 Å². The van der Waals surface area contributed by atoms with Gasteiger partial charge in [-0.15, -0.1) is 11.3 Å². The number of anilines is 1. The van der Waals surface area contributed by atoms with Gasteiger partial charge >= 0.3 is 0 Å². The molecule has 1 aromatic heterocycles. The normalized spacial score (nSPS) is 17.9. The minimum atomic E-state index is -0.154. The highest BCUT2D eigenvalue weighted by molar-refractivity contribution is 7.11. The summed E-state index contributed by atoms with van der Waals surface area (Å²) in [6.07, 6.45) is 2.06. The number of nitrogens with one attached hydrogen (secondary N) is 2. The molecular formula is C20H28FN5S. The van der Waals surface area contributed by atoms with Crippen LogP contribution in [0.2, 0.25) is 0 Å². The monoisotopic (exact) mass is 389 g/mol. The molecule has 2 N–H and O–H groups in total. The fourth-order valence-corrected chi connectivity index (χ4v) is 4.21. The van der Waals surface area contributed by atoms with E-state index in [4.69, 9.17) is 0 Å². The van der Waals surface area contributed by atoms with Crippen LogP contribution in [-0.4, -0.2) is 37.1 Å². The lowest BCUT2D eigenvalue weighted by atomic mass is 10.0. The predicted octanol–water partition coefficient (Wildman–Crippen LogP) is 3.54. The van der Waals surface area contributed by atoms with E-state index in [9.17, 15) is 4.39 Å². The van der Waals surface area contributed by atoms with Crippen LogP contribution in [-0.2, 0) is 6.54 Å². The van der Waals surface area contributed by atoms with Gasteiger partial charge in [0.15, 0.2) is 5.96 Å². The summed E-state index contributed by atoms with van der Waals surface area (Å²) in [5.41, 5.74) is 2.86. The number of piperidine rings is 1. The van der Waals surface area contributed by atoms with E-state index in [1.807, 2.05) is 26.0 Å². The van der Waals surface area contributed by atoms with Gasteiger partial charge in [-0.25, -0.2) is 9.37 Å². The molecule has 7 heteroatoms. The molecule has 146 valence electrons. The van der Waals surface area contributed by atoms with E-state index >= 15 is 0 Å². The van der Waals surface area contributed by atoms with Crippen molar-refractivity contribution in [1.82, 2.24) is 15.6 Å². The number of thiazole rings is 1. The third-order valence-corrected chi connectivity index (χ3v) is 5.98. The summed E-state index contributed by atoms with van der Waals surface area (Å²) in [7, 11) is 1.77. The number of rotatable bonds is 4. The first-order chi connectivity index (χ1) is 13.0. The Labute approximate surface area is 164 Å². The maximum atomic E-state index is 14.2. The lowest BCUT2D eigenvalue weighted by molar-refractivity contribution is 0.462. The van der Waals surface area contributed by atoms with Gasteiger partial charge < -0.3 is 15.5 Å². The maximum absolute atomic E-state index is 14.2. The highest BCUT2D eigenvalue weighted by Crippen LogP contribution is 2.24. The van der Waals surface area contributed by atoms with E-state index in [0.29, 0.717) is 12.2 Å². The van der Waals surface area contributed by atoms with E-state index in [2.05, 4.69) is 32.4 Å². The number of halogens is 1. The number of aromatic nitrogens is 1. The van der Waals surface area contributed by atoms with Crippen molar-refractivity contribution in [2.75, 3.05) is 25.0 Å². The van der Waals surface area contributed by atoms with E-state index in [1.54, 1.807) is 24.5 Å². The second kappa shape index (κ2) is 8.69. The Morgan fingerprint density at radius 3 is 2.89 bits per heavy atom. The molecular weight excluding hydrogens is 361 g/mol. The molecule has 1 aromatic carbocycles. The SMILES string of the molecule is CN=C(NCc1nc(C)c(C)s1)NC1CCCN(c2cc(C)ccc2F)C1. The highest BCUT2D eigenvalue weighted by Gasteiger charge is 2.23. The Balaban J connectivity index is 1.59. The molecule has 1 unspecified atom stereocenters. The smallest absolute Gasteiger partial charge is 0.191 e. The standard InChI is InChI=1S/C20H28FN5S/c1-13-7-8-17(21)18(10-13)26-9-5-6-16(12-26)25-20(22-4)23-11-19-24-14(2)15(3)27-19/h7-8,10,16H,5-6,9,11-12H2,1-4H3,(H2,22,23,25). The van der Waals surface area contributed by atoms with Gasteiger partial charge in [-0.3, -0.25) is 4.99 Å². The van der Waals surface area contributed by atoms with Crippen molar-refractivity contribution in [2.24, 2.45) is 4.99 Å². The fraction of sp³-hybridized carbons (Fsp3) is 0.500. The Kier molecular flexibility index (Phi) is 6.31. The Morgan fingerprint density at radius 2 is 2.19 bits per heavy atom. The van der Waals surface area contributed by atoms with Crippen molar-refractivity contribution in [3.63, 3.8) is 0 Å². The first-order valence-corrected chi connectivity index (χ1v) is 10.2. The molecule has 0 amide bonds. The average Bonchev–Trinajstić information content (AvgIpc) is 2.98. The highest BCUT2D eigenvalue weighted by atomic mass is 32.1. The van der Waals surface area contributed by atoms with E-state index in [-0.39, 0.29) is 11.9 Å². The topological polar surface area (TPSA) is 52.6 Å². The van der Waals surface area contributed by atoms with Crippen molar-refractivity contribution < 1.29 is 4.39 Å². The van der Waals surface area contributed by atoms with Crippen LogP contribution in [0.3, 0.4) is 0 Å². The molecule has 1 atom stereocenters. The quantitative estimate of drug-likeness (QED) is 0.620. The van der Waals surface area contributed by atoms with E-state index in [0.717, 1.165) is 48.2 Å². The zero-order chi connectivity index (χ0) is 19.4. The third-order valence-electron chi connectivity index (χ3n) is 4.91. The molecule has 1 aliphatic rings. The van der Waals surface area contributed by atoms with Crippen LogP contribution in [0.5, 0.6) is 0 Å². The number of guanidine groups is 1. The lowest BCUT2D eigenvalue weighted by Crippen LogP contribution is -2.51. The van der Waals surface area contributed by atoms with E-state index in [1.165, 1.54) is 4.88 Å². The van der Waals surface area contributed by atoms with Gasteiger partial charge in [0.25, 0.3) is 0 Å². The fourth-order valence-electron chi connectivity index (χ4n) is 3.34. The zero-order valence-corrected chi connectivity index (χ0v) is 17.3. The number of nitrogens with zero attached hydrogens (tertiary/aromatic N) is 3.